The molecule has 0 radical (unpaired) electrons. The van der Waals surface area contributed by atoms with Crippen molar-refractivity contribution in [1.29, 1.82) is 0 Å². The highest BCUT2D eigenvalue weighted by molar-refractivity contribution is 4.59. The van der Waals surface area contributed by atoms with Gasteiger partial charge in [0.2, 0.25) is 0 Å². The average molecular weight is 158 g/mol. The number of rotatable bonds is 6. The summed E-state index contributed by atoms with van der Waals surface area (Å²) in [5, 5.41) is 0. The highest BCUT2D eigenvalue weighted by Crippen LogP contribution is 2.16. The third kappa shape index (κ3) is 5.25. The van der Waals surface area contributed by atoms with Crippen molar-refractivity contribution in [3.8, 4) is 0 Å². The van der Waals surface area contributed by atoms with Crippen LogP contribution in [0.4, 0.5) is 0 Å². The Morgan fingerprint density at radius 2 is 1.64 bits per heavy atom. The topological polar surface area (TPSA) is 9.23 Å². The van der Waals surface area contributed by atoms with Crippen molar-refractivity contribution in [2.24, 2.45) is 5.92 Å². The van der Waals surface area contributed by atoms with E-state index in [0.717, 1.165) is 12.5 Å². The molecule has 0 aliphatic heterocycles. The average Bonchev–Trinajstić information content (AvgIpc) is 2.01. The van der Waals surface area contributed by atoms with Gasteiger partial charge in [-0.1, -0.05) is 26.7 Å². The molecule has 0 saturated carbocycles. The summed E-state index contributed by atoms with van der Waals surface area (Å²) in [6.45, 7) is 9.59. The molecule has 0 fully saturated rings. The highest BCUT2D eigenvalue weighted by atomic mass is 16.5. The van der Waals surface area contributed by atoms with E-state index in [0.29, 0.717) is 6.10 Å². The zero-order chi connectivity index (χ0) is 8.69. The van der Waals surface area contributed by atoms with Gasteiger partial charge < -0.3 is 4.74 Å². The van der Waals surface area contributed by atoms with E-state index in [4.69, 9.17) is 4.74 Å². The summed E-state index contributed by atoms with van der Waals surface area (Å²) in [4.78, 5) is 0. The smallest absolute Gasteiger partial charge is 0.0549 e. The second kappa shape index (κ2) is 6.66. The predicted molar refractivity (Wildman–Crippen MR) is 49.8 cm³/mol. The van der Waals surface area contributed by atoms with E-state index in [9.17, 15) is 0 Å². The summed E-state index contributed by atoms with van der Waals surface area (Å²) in [7, 11) is 0. The van der Waals surface area contributed by atoms with Crippen LogP contribution in [0.3, 0.4) is 0 Å². The molecule has 0 saturated heterocycles. The van der Waals surface area contributed by atoms with Crippen LogP contribution in [-0.4, -0.2) is 12.7 Å². The molecule has 0 aromatic carbocycles. The Bertz CT molecular complexity index is 76.9. The molecule has 0 aromatic rings. The highest BCUT2D eigenvalue weighted by Gasteiger charge is 2.08. The third-order valence-corrected chi connectivity index (χ3v) is 2.27. The molecule has 0 amide bonds. The van der Waals surface area contributed by atoms with Gasteiger partial charge in [0.15, 0.2) is 0 Å². The van der Waals surface area contributed by atoms with E-state index in [-0.39, 0.29) is 0 Å². The van der Waals surface area contributed by atoms with Gasteiger partial charge in [-0.05, 0) is 26.2 Å². The number of hydrogen-bond acceptors (Lipinski definition) is 1. The Hall–Kier alpha value is -0.0400. The predicted octanol–water partition coefficient (Wildman–Crippen LogP) is 3.24. The first-order chi connectivity index (χ1) is 5.24. The van der Waals surface area contributed by atoms with Crippen molar-refractivity contribution < 1.29 is 4.74 Å². The molecule has 0 aliphatic carbocycles. The largest absolute Gasteiger partial charge is 0.379 e. The van der Waals surface area contributed by atoms with Crippen LogP contribution in [0.2, 0.25) is 0 Å². The first-order valence-electron chi connectivity index (χ1n) is 4.86. The first kappa shape index (κ1) is 11.0. The van der Waals surface area contributed by atoms with E-state index in [1.165, 1.54) is 19.3 Å². The van der Waals surface area contributed by atoms with Gasteiger partial charge in [-0.25, -0.2) is 0 Å². The standard InChI is InChI=1S/C10H22O/c1-5-10(6-2)8-9(4)11-7-3/h9-10H,5-8H2,1-4H3. The van der Waals surface area contributed by atoms with Gasteiger partial charge in [0, 0.05) is 6.61 Å². The lowest BCUT2D eigenvalue weighted by molar-refractivity contribution is 0.0568. The summed E-state index contributed by atoms with van der Waals surface area (Å²) in [6, 6.07) is 0. The minimum Gasteiger partial charge on any atom is -0.379 e. The molecular weight excluding hydrogens is 136 g/mol. The third-order valence-electron chi connectivity index (χ3n) is 2.27. The lowest BCUT2D eigenvalue weighted by Crippen LogP contribution is -2.13. The van der Waals surface area contributed by atoms with Gasteiger partial charge in [-0.2, -0.15) is 0 Å². The van der Waals surface area contributed by atoms with E-state index in [1.54, 1.807) is 0 Å². The maximum atomic E-state index is 5.48. The van der Waals surface area contributed by atoms with Crippen LogP contribution in [0.1, 0.15) is 47.0 Å². The van der Waals surface area contributed by atoms with E-state index in [2.05, 4.69) is 27.7 Å². The summed E-state index contributed by atoms with van der Waals surface area (Å²) in [6.07, 6.45) is 4.24. The second-order valence-electron chi connectivity index (χ2n) is 3.18. The normalized spacial score (nSPS) is 13.9. The summed E-state index contributed by atoms with van der Waals surface area (Å²) in [5.41, 5.74) is 0. The Kier molecular flexibility index (Phi) is 6.63. The summed E-state index contributed by atoms with van der Waals surface area (Å²) in [5.74, 6) is 0.858. The van der Waals surface area contributed by atoms with Gasteiger partial charge in [0.25, 0.3) is 0 Å². The van der Waals surface area contributed by atoms with E-state index < -0.39 is 0 Å². The number of ether oxygens (including phenoxy) is 1. The summed E-state index contributed by atoms with van der Waals surface area (Å²) < 4.78 is 5.48. The van der Waals surface area contributed by atoms with Crippen molar-refractivity contribution in [1.82, 2.24) is 0 Å². The summed E-state index contributed by atoms with van der Waals surface area (Å²) >= 11 is 0. The van der Waals surface area contributed by atoms with Gasteiger partial charge in [0.05, 0.1) is 6.10 Å². The molecule has 0 spiro atoms. The van der Waals surface area contributed by atoms with E-state index >= 15 is 0 Å². The van der Waals surface area contributed by atoms with E-state index in [1.807, 2.05) is 0 Å². The Labute approximate surface area is 71.1 Å². The number of hydrogen-bond donors (Lipinski definition) is 0. The SMILES string of the molecule is CCOC(C)CC(CC)CC. The molecule has 0 N–H and O–H groups in total. The fraction of sp³-hybridized carbons (Fsp3) is 1.00. The molecule has 11 heavy (non-hydrogen) atoms. The minimum atomic E-state index is 0.449. The molecule has 68 valence electrons. The molecule has 0 heterocycles. The zero-order valence-electron chi connectivity index (χ0n) is 8.39. The van der Waals surface area contributed by atoms with Crippen LogP contribution in [0, 0.1) is 5.92 Å². The van der Waals surface area contributed by atoms with Gasteiger partial charge in [0.1, 0.15) is 0 Å². The van der Waals surface area contributed by atoms with Crippen LogP contribution in [-0.2, 0) is 4.74 Å². The van der Waals surface area contributed by atoms with Gasteiger partial charge >= 0.3 is 0 Å². The molecule has 1 heteroatoms. The Morgan fingerprint density at radius 3 is 2.00 bits per heavy atom. The van der Waals surface area contributed by atoms with Crippen molar-refractivity contribution in [3.63, 3.8) is 0 Å². The molecular formula is C10H22O. The monoisotopic (exact) mass is 158 g/mol. The van der Waals surface area contributed by atoms with Crippen LogP contribution in [0.5, 0.6) is 0 Å². The van der Waals surface area contributed by atoms with Crippen LogP contribution in [0.25, 0.3) is 0 Å². The quantitative estimate of drug-likeness (QED) is 0.576. The zero-order valence-corrected chi connectivity index (χ0v) is 8.39. The Morgan fingerprint density at radius 1 is 1.09 bits per heavy atom. The molecule has 0 bridgehead atoms. The molecule has 1 nitrogen and oxygen atoms in total. The molecule has 0 aliphatic rings. The molecule has 0 aromatic heterocycles. The van der Waals surface area contributed by atoms with Gasteiger partial charge in [-0.15, -0.1) is 0 Å². The molecule has 1 atom stereocenters. The minimum absolute atomic E-state index is 0.449. The Balaban J connectivity index is 3.44. The first-order valence-corrected chi connectivity index (χ1v) is 4.86. The van der Waals surface area contributed by atoms with Crippen molar-refractivity contribution >= 4 is 0 Å². The van der Waals surface area contributed by atoms with Crippen LogP contribution in [0.15, 0.2) is 0 Å². The maximum Gasteiger partial charge on any atom is 0.0549 e. The lowest BCUT2D eigenvalue weighted by atomic mass is 9.97. The van der Waals surface area contributed by atoms with Crippen LogP contribution >= 0.6 is 0 Å². The van der Waals surface area contributed by atoms with Gasteiger partial charge in [-0.3, -0.25) is 0 Å². The second-order valence-corrected chi connectivity index (χ2v) is 3.18. The van der Waals surface area contributed by atoms with Crippen molar-refractivity contribution in [2.45, 2.75) is 53.1 Å². The lowest BCUT2D eigenvalue weighted by Gasteiger charge is -2.17. The van der Waals surface area contributed by atoms with Crippen LogP contribution < -0.4 is 0 Å². The molecule has 1 unspecified atom stereocenters. The fourth-order valence-electron chi connectivity index (χ4n) is 1.44. The fourth-order valence-corrected chi connectivity index (χ4v) is 1.44. The van der Waals surface area contributed by atoms with Crippen molar-refractivity contribution in [2.75, 3.05) is 6.61 Å². The van der Waals surface area contributed by atoms with Crippen molar-refractivity contribution in [3.05, 3.63) is 0 Å². The maximum absolute atomic E-state index is 5.48. The molecule has 0 rings (SSSR count).